The maximum absolute atomic E-state index is 12.5. The number of para-hydroxylation sites is 1. The van der Waals surface area contributed by atoms with Gasteiger partial charge >= 0.3 is 6.03 Å². The van der Waals surface area contributed by atoms with E-state index in [4.69, 9.17) is 9.26 Å². The number of carbonyl (C=O) groups excluding carboxylic acids is 2. The number of amides is 3. The van der Waals surface area contributed by atoms with Gasteiger partial charge in [0.15, 0.2) is 5.76 Å². The molecule has 9 heteroatoms. The molecule has 1 aromatic heterocycles. The van der Waals surface area contributed by atoms with Crippen molar-refractivity contribution in [3.8, 4) is 5.75 Å². The van der Waals surface area contributed by atoms with Crippen LogP contribution in [0.25, 0.3) is 0 Å². The van der Waals surface area contributed by atoms with Gasteiger partial charge in [-0.25, -0.2) is 4.79 Å². The molecule has 0 unspecified atom stereocenters. The number of hydrogen-bond acceptors (Lipinski definition) is 6. The molecule has 2 aliphatic heterocycles. The van der Waals surface area contributed by atoms with Crippen molar-refractivity contribution in [2.24, 2.45) is 11.8 Å². The molecule has 4 rings (SSSR count). The van der Waals surface area contributed by atoms with Gasteiger partial charge in [0, 0.05) is 38.7 Å². The molecule has 1 aromatic carbocycles. The lowest BCUT2D eigenvalue weighted by atomic mass is 9.81. The Morgan fingerprint density at radius 3 is 2.94 bits per heavy atom. The normalized spacial score (nSPS) is 20.8. The third-order valence-corrected chi connectivity index (χ3v) is 6.07. The molecule has 172 valence electrons. The summed E-state index contributed by atoms with van der Waals surface area (Å²) in [5, 5.41) is 13.4. The SMILES string of the molecule is O=C(C[C@@H]1CCNC[C@@H]1Cc1cc(COc2ccccc2)on1)NCCN1CCNC1=O. The Morgan fingerprint density at radius 2 is 2.12 bits per heavy atom. The monoisotopic (exact) mass is 441 g/mol. The molecule has 3 N–H and O–H groups in total. The van der Waals surface area contributed by atoms with Crippen LogP contribution in [0.5, 0.6) is 5.75 Å². The number of aromatic nitrogens is 1. The van der Waals surface area contributed by atoms with Gasteiger partial charge < -0.3 is 30.1 Å². The number of piperidine rings is 1. The number of urea groups is 1. The van der Waals surface area contributed by atoms with Crippen molar-refractivity contribution in [3.63, 3.8) is 0 Å². The molecule has 2 aromatic rings. The maximum atomic E-state index is 12.5. The van der Waals surface area contributed by atoms with Gasteiger partial charge in [-0.05, 0) is 49.9 Å². The van der Waals surface area contributed by atoms with Crippen LogP contribution in [0.1, 0.15) is 24.3 Å². The molecule has 2 fully saturated rings. The molecule has 0 saturated carbocycles. The van der Waals surface area contributed by atoms with E-state index in [0.29, 0.717) is 50.9 Å². The van der Waals surface area contributed by atoms with Crippen molar-refractivity contribution in [2.75, 3.05) is 39.3 Å². The van der Waals surface area contributed by atoms with E-state index in [9.17, 15) is 9.59 Å². The number of nitrogens with zero attached hydrogens (tertiary/aromatic N) is 2. The second kappa shape index (κ2) is 11.0. The van der Waals surface area contributed by atoms with Crippen LogP contribution in [-0.2, 0) is 17.8 Å². The number of rotatable bonds is 10. The van der Waals surface area contributed by atoms with Crippen LogP contribution in [-0.4, -0.2) is 61.3 Å². The summed E-state index contributed by atoms with van der Waals surface area (Å²) in [7, 11) is 0. The summed E-state index contributed by atoms with van der Waals surface area (Å²) in [4.78, 5) is 25.8. The maximum Gasteiger partial charge on any atom is 0.317 e. The fourth-order valence-corrected chi connectivity index (χ4v) is 4.31. The first-order chi connectivity index (χ1) is 15.7. The van der Waals surface area contributed by atoms with Crippen LogP contribution in [0.2, 0.25) is 0 Å². The molecule has 2 atom stereocenters. The van der Waals surface area contributed by atoms with Gasteiger partial charge in [0.2, 0.25) is 5.91 Å². The quantitative estimate of drug-likeness (QED) is 0.516. The Bertz CT molecular complexity index is 888. The van der Waals surface area contributed by atoms with Crippen LogP contribution in [0, 0.1) is 11.8 Å². The standard InChI is InChI=1S/C23H31N5O4/c29-22(25-8-10-28-11-9-26-23(28)30)13-17-6-7-24-15-18(17)12-19-14-21(32-27-19)16-31-20-4-2-1-3-5-20/h1-5,14,17-18,24H,6-13,15-16H2,(H,25,29)(H,26,30)/t17-,18-/m0/s1. The average molecular weight is 442 g/mol. The van der Waals surface area contributed by atoms with Gasteiger partial charge in [0.25, 0.3) is 0 Å². The predicted molar refractivity (Wildman–Crippen MR) is 118 cm³/mol. The summed E-state index contributed by atoms with van der Waals surface area (Å²) >= 11 is 0. The van der Waals surface area contributed by atoms with Crippen molar-refractivity contribution in [1.29, 1.82) is 0 Å². The molecule has 3 heterocycles. The number of nitrogens with one attached hydrogen (secondary N) is 3. The first kappa shape index (κ1) is 22.1. The lowest BCUT2D eigenvalue weighted by molar-refractivity contribution is -0.122. The minimum atomic E-state index is -0.0567. The first-order valence-electron chi connectivity index (χ1n) is 11.3. The molecule has 0 radical (unpaired) electrons. The van der Waals surface area contributed by atoms with E-state index in [-0.39, 0.29) is 17.9 Å². The van der Waals surface area contributed by atoms with E-state index >= 15 is 0 Å². The highest BCUT2D eigenvalue weighted by Crippen LogP contribution is 2.26. The minimum Gasteiger partial charge on any atom is -0.486 e. The van der Waals surface area contributed by atoms with Gasteiger partial charge in [-0.1, -0.05) is 23.4 Å². The topological polar surface area (TPSA) is 109 Å². The van der Waals surface area contributed by atoms with Gasteiger partial charge in [-0.3, -0.25) is 4.79 Å². The fourth-order valence-electron chi connectivity index (χ4n) is 4.31. The highest BCUT2D eigenvalue weighted by molar-refractivity contribution is 5.77. The number of carbonyl (C=O) groups is 2. The van der Waals surface area contributed by atoms with Gasteiger partial charge in [0.1, 0.15) is 12.4 Å². The molecular weight excluding hydrogens is 410 g/mol. The smallest absolute Gasteiger partial charge is 0.317 e. The zero-order valence-electron chi connectivity index (χ0n) is 18.2. The highest BCUT2D eigenvalue weighted by atomic mass is 16.5. The Morgan fingerprint density at radius 1 is 1.25 bits per heavy atom. The zero-order valence-corrected chi connectivity index (χ0v) is 18.2. The van der Waals surface area contributed by atoms with Crippen LogP contribution in [0.15, 0.2) is 40.9 Å². The van der Waals surface area contributed by atoms with Crippen LogP contribution in [0.4, 0.5) is 4.79 Å². The minimum absolute atomic E-state index is 0.0404. The number of hydrogen-bond donors (Lipinski definition) is 3. The van der Waals surface area contributed by atoms with Crippen LogP contribution in [0.3, 0.4) is 0 Å². The van der Waals surface area contributed by atoms with E-state index < -0.39 is 0 Å². The Balaban J connectivity index is 1.23. The Labute approximate surface area is 187 Å². The van der Waals surface area contributed by atoms with E-state index in [0.717, 1.165) is 37.4 Å². The second-order valence-corrected chi connectivity index (χ2v) is 8.38. The molecule has 2 saturated heterocycles. The summed E-state index contributed by atoms with van der Waals surface area (Å²) in [5.41, 5.74) is 0.885. The highest BCUT2D eigenvalue weighted by Gasteiger charge is 2.28. The molecular formula is C23H31N5O4. The first-order valence-corrected chi connectivity index (χ1v) is 11.3. The lowest BCUT2D eigenvalue weighted by Gasteiger charge is -2.31. The Kier molecular flexibility index (Phi) is 7.60. The van der Waals surface area contributed by atoms with Crippen molar-refractivity contribution >= 4 is 11.9 Å². The van der Waals surface area contributed by atoms with Crippen LogP contribution >= 0.6 is 0 Å². The molecule has 0 spiro atoms. The number of ether oxygens (including phenoxy) is 1. The molecule has 9 nitrogen and oxygen atoms in total. The molecule has 0 bridgehead atoms. The molecule has 2 aliphatic rings. The van der Waals surface area contributed by atoms with Crippen molar-refractivity contribution in [2.45, 2.75) is 25.9 Å². The van der Waals surface area contributed by atoms with Gasteiger partial charge in [-0.2, -0.15) is 0 Å². The van der Waals surface area contributed by atoms with Gasteiger partial charge in [0.05, 0.1) is 5.69 Å². The van der Waals surface area contributed by atoms with E-state index in [1.54, 1.807) is 4.90 Å². The summed E-state index contributed by atoms with van der Waals surface area (Å²) < 4.78 is 11.2. The van der Waals surface area contributed by atoms with Crippen molar-refractivity contribution < 1.29 is 18.8 Å². The largest absolute Gasteiger partial charge is 0.486 e. The van der Waals surface area contributed by atoms with E-state index in [1.165, 1.54) is 0 Å². The molecule has 3 amide bonds. The fraction of sp³-hybridized carbons (Fsp3) is 0.522. The summed E-state index contributed by atoms with van der Waals surface area (Å²) in [6.45, 7) is 4.50. The summed E-state index contributed by atoms with van der Waals surface area (Å²) in [5.74, 6) is 2.11. The third kappa shape index (κ3) is 6.23. The zero-order chi connectivity index (χ0) is 22.2. The Hall–Kier alpha value is -3.07. The number of benzene rings is 1. The van der Waals surface area contributed by atoms with Gasteiger partial charge in [-0.15, -0.1) is 0 Å². The average Bonchev–Trinajstić information content (AvgIpc) is 3.43. The second-order valence-electron chi connectivity index (χ2n) is 8.38. The summed E-state index contributed by atoms with van der Waals surface area (Å²) in [6, 6.07) is 11.5. The van der Waals surface area contributed by atoms with Crippen molar-refractivity contribution in [1.82, 2.24) is 26.0 Å². The molecule has 32 heavy (non-hydrogen) atoms. The van der Waals surface area contributed by atoms with E-state index in [1.807, 2.05) is 36.4 Å². The molecule has 0 aliphatic carbocycles. The third-order valence-electron chi connectivity index (χ3n) is 6.07. The lowest BCUT2D eigenvalue weighted by Crippen LogP contribution is -2.41. The van der Waals surface area contributed by atoms with Crippen LogP contribution < -0.4 is 20.7 Å². The van der Waals surface area contributed by atoms with Crippen molar-refractivity contribution in [3.05, 3.63) is 47.9 Å². The van der Waals surface area contributed by atoms with E-state index in [2.05, 4.69) is 21.1 Å². The predicted octanol–water partition coefficient (Wildman–Crippen LogP) is 1.55. The summed E-state index contributed by atoms with van der Waals surface area (Å²) in [6.07, 6.45) is 2.20.